The number of amides is 1. The van der Waals surface area contributed by atoms with Crippen LogP contribution < -0.4 is 19.7 Å². The number of aliphatic imine (C=N–C) groups is 1. The minimum absolute atomic E-state index is 0.00949. The van der Waals surface area contributed by atoms with E-state index in [9.17, 15) is 23.3 Å². The normalized spacial score (nSPS) is 19.7. The molecule has 0 aromatic heterocycles. The maximum absolute atomic E-state index is 14.1. The standard InChI is InChI=1S/C50H58ClN7O7S/c1-50(2)20-14-36(43(32-50)34-6-8-37(51)9-7-34)33-55-24-26-57(27-25-55)40-10-12-42(47(30-40)65-46-5-3-4-35-15-21-52-48(35)46)49(59)54-66(62,63)41-11-13-44(45(31-41)58(60)61)53-38-16-22-56(23-17-38)39-18-28-64-29-19-39/h3-13,21,30-31,38-39,53H,14-20,22-29,32-33H2,1-2H3,(H,54,59). The third kappa shape index (κ3) is 10.5. The van der Waals surface area contributed by atoms with Gasteiger partial charge < -0.3 is 24.6 Å². The summed E-state index contributed by atoms with van der Waals surface area (Å²) < 4.78 is 41.9. The molecule has 0 radical (unpaired) electrons. The summed E-state index contributed by atoms with van der Waals surface area (Å²) in [5, 5.41) is 16.4. The van der Waals surface area contributed by atoms with Crippen LogP contribution in [-0.4, -0.2) is 106 Å². The Kier molecular flexibility index (Phi) is 13.5. The van der Waals surface area contributed by atoms with Gasteiger partial charge in [0.1, 0.15) is 17.1 Å². The third-order valence-electron chi connectivity index (χ3n) is 13.9. The first-order chi connectivity index (χ1) is 31.8. The van der Waals surface area contributed by atoms with E-state index in [0.717, 1.165) is 126 Å². The molecule has 0 unspecified atom stereocenters. The van der Waals surface area contributed by atoms with Gasteiger partial charge in [0.05, 0.1) is 15.4 Å². The van der Waals surface area contributed by atoms with E-state index in [0.29, 0.717) is 23.9 Å². The van der Waals surface area contributed by atoms with E-state index in [1.165, 1.54) is 28.8 Å². The summed E-state index contributed by atoms with van der Waals surface area (Å²) in [7, 11) is -4.57. The topological polar surface area (TPSA) is 159 Å². The number of para-hydroxylation sites is 1. The molecule has 14 nitrogen and oxygen atoms in total. The van der Waals surface area contributed by atoms with Crippen LogP contribution in [0.4, 0.5) is 22.7 Å². The molecule has 0 spiro atoms. The number of allylic oxidation sites excluding steroid dienone is 1. The number of likely N-dealkylation sites (tertiary alicyclic amines) is 1. The van der Waals surface area contributed by atoms with Crippen molar-refractivity contribution in [3.05, 3.63) is 116 Å². The van der Waals surface area contributed by atoms with Crippen molar-refractivity contribution in [3.63, 3.8) is 0 Å². The second kappa shape index (κ2) is 19.5. The van der Waals surface area contributed by atoms with Gasteiger partial charge in [0, 0.05) is 107 Å². The number of piperidine rings is 1. The van der Waals surface area contributed by atoms with Gasteiger partial charge in [-0.1, -0.05) is 55.3 Å². The van der Waals surface area contributed by atoms with Gasteiger partial charge in [0.25, 0.3) is 21.6 Å². The number of nitrogens with one attached hydrogen (secondary N) is 2. The molecule has 0 atom stereocenters. The van der Waals surface area contributed by atoms with E-state index in [4.69, 9.17) is 21.1 Å². The second-order valence-electron chi connectivity index (χ2n) is 18.9. The van der Waals surface area contributed by atoms with Crippen molar-refractivity contribution in [1.82, 2.24) is 14.5 Å². The Balaban J connectivity index is 0.908. The Morgan fingerprint density at radius 1 is 0.939 bits per heavy atom. The van der Waals surface area contributed by atoms with Crippen LogP contribution in [0.5, 0.6) is 11.5 Å². The molecule has 1 aliphatic carbocycles. The zero-order valence-corrected chi connectivity index (χ0v) is 39.2. The molecular weight excluding hydrogens is 878 g/mol. The SMILES string of the molecule is CC1(C)CCC(CN2CCN(c3ccc(C(=O)NS(=O)(=O)c4ccc(NC5CCN(C6CCOCC6)CC5)c([N+](=O)[O-])c4)c(Oc4cccc5c4N=CC5)c3)CC2)=C(c2ccc(Cl)cc2)C1. The number of nitro benzene ring substituents is 1. The number of carbonyl (C=O) groups excluding carboxylic acids is 1. The predicted molar refractivity (Wildman–Crippen MR) is 259 cm³/mol. The average Bonchev–Trinajstić information content (AvgIpc) is 3.81. The number of carbonyl (C=O) groups is 1. The first-order valence-corrected chi connectivity index (χ1v) is 25.0. The minimum atomic E-state index is -4.57. The summed E-state index contributed by atoms with van der Waals surface area (Å²) in [5.74, 6) is -0.332. The smallest absolute Gasteiger partial charge is 0.293 e. The lowest BCUT2D eigenvalue weighted by molar-refractivity contribution is -0.384. The number of anilines is 2. The third-order valence-corrected chi connectivity index (χ3v) is 15.5. The van der Waals surface area contributed by atoms with Crippen LogP contribution in [0.3, 0.4) is 0 Å². The molecule has 3 saturated heterocycles. The van der Waals surface area contributed by atoms with E-state index in [1.807, 2.05) is 24.3 Å². The molecule has 16 heteroatoms. The zero-order chi connectivity index (χ0) is 46.0. The van der Waals surface area contributed by atoms with Gasteiger partial charge in [0.2, 0.25) is 0 Å². The highest BCUT2D eigenvalue weighted by atomic mass is 35.5. The van der Waals surface area contributed by atoms with Crippen LogP contribution in [-0.2, 0) is 21.2 Å². The molecule has 4 heterocycles. The van der Waals surface area contributed by atoms with E-state index in [1.54, 1.807) is 30.5 Å². The lowest BCUT2D eigenvalue weighted by atomic mass is 9.72. The van der Waals surface area contributed by atoms with Gasteiger partial charge in [-0.3, -0.25) is 24.8 Å². The number of rotatable bonds is 13. The molecule has 0 bridgehead atoms. The van der Waals surface area contributed by atoms with E-state index >= 15 is 0 Å². The molecule has 5 aliphatic rings. The van der Waals surface area contributed by atoms with Gasteiger partial charge in [-0.05, 0) is 110 Å². The van der Waals surface area contributed by atoms with Gasteiger partial charge in [0.15, 0.2) is 5.75 Å². The number of hydrogen-bond donors (Lipinski definition) is 2. The molecule has 4 aromatic carbocycles. The van der Waals surface area contributed by atoms with Gasteiger partial charge in [-0.15, -0.1) is 0 Å². The van der Waals surface area contributed by atoms with Gasteiger partial charge >= 0.3 is 0 Å². The first kappa shape index (κ1) is 45.8. The molecule has 4 aromatic rings. The van der Waals surface area contributed by atoms with Crippen molar-refractivity contribution in [2.24, 2.45) is 10.4 Å². The van der Waals surface area contributed by atoms with Crippen LogP contribution in [0.2, 0.25) is 5.02 Å². The lowest BCUT2D eigenvalue weighted by Crippen LogP contribution is -2.47. The van der Waals surface area contributed by atoms with Crippen LogP contribution in [0, 0.1) is 15.5 Å². The number of hydrogen-bond acceptors (Lipinski definition) is 12. The molecule has 0 saturated carbocycles. The number of sulfonamides is 1. The molecular formula is C50H58ClN7O7S. The maximum Gasteiger partial charge on any atom is 0.293 e. The summed E-state index contributed by atoms with van der Waals surface area (Å²) in [6.45, 7) is 12.0. The predicted octanol–water partition coefficient (Wildman–Crippen LogP) is 9.26. The summed E-state index contributed by atoms with van der Waals surface area (Å²) in [6, 6.07) is 23.1. The molecule has 2 N–H and O–H groups in total. The summed E-state index contributed by atoms with van der Waals surface area (Å²) in [5.41, 5.74) is 6.65. The van der Waals surface area contributed by atoms with Crippen molar-refractivity contribution in [2.45, 2.75) is 82.2 Å². The molecule has 1 amide bonds. The Morgan fingerprint density at radius 3 is 2.44 bits per heavy atom. The molecule has 4 aliphatic heterocycles. The number of piperazine rings is 1. The van der Waals surface area contributed by atoms with Crippen molar-refractivity contribution in [2.75, 3.05) is 69.2 Å². The van der Waals surface area contributed by atoms with Gasteiger partial charge in [-0.2, -0.15) is 0 Å². The number of nitrogens with zero attached hydrogens (tertiary/aromatic N) is 5. The summed E-state index contributed by atoms with van der Waals surface area (Å²) in [4.78, 5) is 37.2. The highest BCUT2D eigenvalue weighted by Gasteiger charge is 2.32. The lowest BCUT2D eigenvalue weighted by Gasteiger charge is -2.39. The molecule has 66 heavy (non-hydrogen) atoms. The second-order valence-corrected chi connectivity index (χ2v) is 21.0. The van der Waals surface area contributed by atoms with Crippen molar-refractivity contribution < 1.29 is 27.6 Å². The highest BCUT2D eigenvalue weighted by Crippen LogP contribution is 2.44. The zero-order valence-electron chi connectivity index (χ0n) is 37.6. The summed E-state index contributed by atoms with van der Waals surface area (Å²) >= 11 is 6.26. The minimum Gasteiger partial charge on any atom is -0.454 e. The van der Waals surface area contributed by atoms with Crippen molar-refractivity contribution in [1.29, 1.82) is 0 Å². The number of benzene rings is 4. The largest absolute Gasteiger partial charge is 0.454 e. The highest BCUT2D eigenvalue weighted by molar-refractivity contribution is 7.90. The Hall–Kier alpha value is -5.32. The first-order valence-electron chi connectivity index (χ1n) is 23.1. The fourth-order valence-electron chi connectivity index (χ4n) is 10.1. The molecule has 9 rings (SSSR count). The quantitative estimate of drug-likeness (QED) is 0.0972. The number of halogens is 1. The van der Waals surface area contributed by atoms with Crippen LogP contribution in [0.25, 0.3) is 5.57 Å². The fraction of sp³-hybridized carbons (Fsp3) is 0.440. The van der Waals surface area contributed by atoms with Gasteiger partial charge in [-0.25, -0.2) is 13.1 Å². The van der Waals surface area contributed by atoms with E-state index in [2.05, 4.69) is 55.7 Å². The van der Waals surface area contributed by atoms with Crippen molar-refractivity contribution >= 4 is 62.1 Å². The van der Waals surface area contributed by atoms with E-state index < -0.39 is 25.7 Å². The molecule has 3 fully saturated rings. The average molecular weight is 937 g/mol. The van der Waals surface area contributed by atoms with Crippen LogP contribution in [0.1, 0.15) is 80.3 Å². The Morgan fingerprint density at radius 2 is 1.70 bits per heavy atom. The van der Waals surface area contributed by atoms with E-state index in [-0.39, 0.29) is 34.1 Å². The Labute approximate surface area is 392 Å². The number of ether oxygens (including phenoxy) is 2. The van der Waals surface area contributed by atoms with Crippen molar-refractivity contribution in [3.8, 4) is 11.5 Å². The monoisotopic (exact) mass is 935 g/mol. The Bertz CT molecular complexity index is 2630. The maximum atomic E-state index is 14.1. The van der Waals surface area contributed by atoms with Crippen LogP contribution in [0.15, 0.2) is 94.3 Å². The van der Waals surface area contributed by atoms with Crippen LogP contribution >= 0.6 is 11.6 Å². The summed E-state index contributed by atoms with van der Waals surface area (Å²) in [6.07, 6.45) is 9.26. The fourth-order valence-corrected chi connectivity index (χ4v) is 11.2. The number of nitro groups is 1. The number of fused-ring (bicyclic) bond motifs is 1. The molecule has 348 valence electrons.